The molecule has 1 aliphatic rings. The maximum atomic E-state index is 14.2. The largest absolute Gasteiger partial charge is 0.389 e. The summed E-state index contributed by atoms with van der Waals surface area (Å²) < 4.78 is 14.5. The van der Waals surface area contributed by atoms with Crippen LogP contribution >= 0.6 is 28.1 Å². The first kappa shape index (κ1) is 15.7. The highest BCUT2D eigenvalue weighted by atomic mass is 79.9. The third-order valence-corrected chi connectivity index (χ3v) is 4.65. The summed E-state index contributed by atoms with van der Waals surface area (Å²) in [5.41, 5.74) is 6.57. The molecule has 1 heterocycles. The minimum Gasteiger partial charge on any atom is -0.389 e. The Morgan fingerprint density at radius 3 is 3.00 bits per heavy atom. The van der Waals surface area contributed by atoms with Crippen LogP contribution in [0, 0.1) is 11.7 Å². The summed E-state index contributed by atoms with van der Waals surface area (Å²) in [6, 6.07) is 3.44. The van der Waals surface area contributed by atoms with E-state index in [0.717, 1.165) is 19.6 Å². The maximum Gasteiger partial charge on any atom is 0.161 e. The number of halogens is 2. The minimum atomic E-state index is -0.334. The van der Waals surface area contributed by atoms with Crippen LogP contribution in [0.5, 0.6) is 0 Å². The smallest absolute Gasteiger partial charge is 0.161 e. The number of benzene rings is 1. The number of hydrogen-bond donors (Lipinski definition) is 2. The predicted octanol–water partition coefficient (Wildman–Crippen LogP) is 2.98. The van der Waals surface area contributed by atoms with Crippen LogP contribution in [0.2, 0.25) is 0 Å². The second-order valence-corrected chi connectivity index (χ2v) is 6.54. The number of nitrogens with two attached hydrogens (primary N) is 1. The van der Waals surface area contributed by atoms with Gasteiger partial charge in [0.15, 0.2) is 5.82 Å². The van der Waals surface area contributed by atoms with Gasteiger partial charge in [-0.1, -0.05) is 12.2 Å². The van der Waals surface area contributed by atoms with Gasteiger partial charge in [0.25, 0.3) is 0 Å². The number of rotatable bonds is 4. The van der Waals surface area contributed by atoms with E-state index < -0.39 is 0 Å². The average molecular weight is 360 g/mol. The maximum absolute atomic E-state index is 14.2. The summed E-state index contributed by atoms with van der Waals surface area (Å²) in [4.78, 5) is 2.51. The van der Waals surface area contributed by atoms with Crippen molar-refractivity contribution >= 4 is 38.8 Å². The number of nitrogens with one attached hydrogen (secondary N) is 1. The Bertz CT molecular complexity index is 509. The van der Waals surface area contributed by atoms with Crippen molar-refractivity contribution in [3.8, 4) is 0 Å². The Morgan fingerprint density at radius 2 is 2.35 bits per heavy atom. The van der Waals surface area contributed by atoms with Crippen LogP contribution in [0.1, 0.15) is 18.4 Å². The van der Waals surface area contributed by atoms with Gasteiger partial charge >= 0.3 is 0 Å². The third kappa shape index (κ3) is 3.68. The molecule has 1 fully saturated rings. The van der Waals surface area contributed by atoms with E-state index >= 15 is 0 Å². The molecule has 0 radical (unpaired) electrons. The summed E-state index contributed by atoms with van der Waals surface area (Å²) in [5, 5.41) is 3.19. The molecule has 1 aliphatic heterocycles. The van der Waals surface area contributed by atoms with Crippen LogP contribution < -0.4 is 11.1 Å². The lowest BCUT2D eigenvalue weighted by atomic mass is 9.98. The van der Waals surface area contributed by atoms with Crippen molar-refractivity contribution < 1.29 is 4.39 Å². The van der Waals surface area contributed by atoms with E-state index in [1.54, 1.807) is 12.1 Å². The zero-order valence-electron chi connectivity index (χ0n) is 11.5. The molecule has 0 aromatic heterocycles. The van der Waals surface area contributed by atoms with Gasteiger partial charge in [-0.05, 0) is 60.4 Å². The molecule has 1 saturated heterocycles. The van der Waals surface area contributed by atoms with Crippen molar-refractivity contribution in [2.75, 3.05) is 32.0 Å². The van der Waals surface area contributed by atoms with E-state index in [-0.39, 0.29) is 10.8 Å². The molecule has 20 heavy (non-hydrogen) atoms. The molecule has 2 rings (SSSR count). The number of nitrogens with zero attached hydrogens (tertiary/aromatic N) is 1. The van der Waals surface area contributed by atoms with Crippen LogP contribution in [0.3, 0.4) is 0 Å². The fourth-order valence-electron chi connectivity index (χ4n) is 2.57. The van der Waals surface area contributed by atoms with Gasteiger partial charge in [-0.3, -0.25) is 0 Å². The molecular weight excluding hydrogens is 341 g/mol. The second-order valence-electron chi connectivity index (χ2n) is 5.30. The van der Waals surface area contributed by atoms with Crippen LogP contribution in [0.15, 0.2) is 16.6 Å². The Labute approximate surface area is 132 Å². The number of thiocarbonyl (C=S) groups is 1. The van der Waals surface area contributed by atoms with Crippen LogP contribution in [0.25, 0.3) is 0 Å². The van der Waals surface area contributed by atoms with Gasteiger partial charge in [0.2, 0.25) is 0 Å². The molecule has 0 amide bonds. The van der Waals surface area contributed by atoms with E-state index in [2.05, 4.69) is 33.2 Å². The van der Waals surface area contributed by atoms with Gasteiger partial charge in [0.1, 0.15) is 4.99 Å². The highest BCUT2D eigenvalue weighted by Gasteiger charge is 2.18. The summed E-state index contributed by atoms with van der Waals surface area (Å²) in [5.74, 6) is 0.224. The first-order valence-corrected chi connectivity index (χ1v) is 7.89. The Hall–Kier alpha value is -0.720. The van der Waals surface area contributed by atoms with Crippen LogP contribution in [-0.4, -0.2) is 36.6 Å². The number of anilines is 1. The molecule has 6 heteroatoms. The van der Waals surface area contributed by atoms with E-state index in [1.165, 1.54) is 12.8 Å². The molecule has 110 valence electrons. The Kier molecular flexibility index (Phi) is 5.35. The Balaban J connectivity index is 2.03. The summed E-state index contributed by atoms with van der Waals surface area (Å²) in [6.07, 6.45) is 2.39. The van der Waals surface area contributed by atoms with Gasteiger partial charge in [-0.2, -0.15) is 0 Å². The number of piperidine rings is 1. The number of hydrogen-bond acceptors (Lipinski definition) is 3. The van der Waals surface area contributed by atoms with Gasteiger partial charge in [0, 0.05) is 18.7 Å². The number of likely N-dealkylation sites (tertiary alicyclic amines) is 1. The highest BCUT2D eigenvalue weighted by molar-refractivity contribution is 9.10. The van der Waals surface area contributed by atoms with E-state index in [9.17, 15) is 4.39 Å². The van der Waals surface area contributed by atoms with Gasteiger partial charge < -0.3 is 16.0 Å². The van der Waals surface area contributed by atoms with Crippen molar-refractivity contribution in [2.24, 2.45) is 11.7 Å². The monoisotopic (exact) mass is 359 g/mol. The second kappa shape index (κ2) is 6.83. The van der Waals surface area contributed by atoms with Gasteiger partial charge in [-0.15, -0.1) is 0 Å². The van der Waals surface area contributed by atoms with Gasteiger partial charge in [0.05, 0.1) is 10.2 Å². The summed E-state index contributed by atoms with van der Waals surface area (Å²) >= 11 is 8.10. The molecule has 1 aromatic rings. The predicted molar refractivity (Wildman–Crippen MR) is 88.7 cm³/mol. The summed E-state index contributed by atoms with van der Waals surface area (Å²) in [6.45, 7) is 2.99. The molecule has 0 aliphatic carbocycles. The fourth-order valence-corrected chi connectivity index (χ4v) is 3.43. The zero-order chi connectivity index (χ0) is 14.7. The molecule has 1 atom stereocenters. The fraction of sp³-hybridized carbons (Fsp3) is 0.500. The van der Waals surface area contributed by atoms with Gasteiger partial charge in [-0.25, -0.2) is 4.39 Å². The summed E-state index contributed by atoms with van der Waals surface area (Å²) in [7, 11) is 2.13. The van der Waals surface area contributed by atoms with Crippen molar-refractivity contribution in [3.63, 3.8) is 0 Å². The van der Waals surface area contributed by atoms with Crippen molar-refractivity contribution in [2.45, 2.75) is 12.8 Å². The molecule has 3 N–H and O–H groups in total. The first-order chi connectivity index (χ1) is 9.49. The highest BCUT2D eigenvalue weighted by Crippen LogP contribution is 2.27. The van der Waals surface area contributed by atoms with E-state index in [4.69, 9.17) is 18.0 Å². The molecule has 3 nitrogen and oxygen atoms in total. The standard InChI is InChI=1S/C14H19BrFN3S/c1-19-6-2-3-9(8-19)7-18-11-5-4-10(14(17)20)12(15)13(11)16/h4-5,9,18H,2-3,6-8H2,1H3,(H2,17,20). The average Bonchev–Trinajstić information content (AvgIpc) is 2.40. The topological polar surface area (TPSA) is 41.3 Å². The molecule has 0 spiro atoms. The Morgan fingerprint density at radius 1 is 1.60 bits per heavy atom. The van der Waals surface area contributed by atoms with E-state index in [1.807, 2.05) is 0 Å². The lowest BCUT2D eigenvalue weighted by Crippen LogP contribution is -2.35. The minimum absolute atomic E-state index is 0.191. The molecular formula is C14H19BrFN3S. The van der Waals surface area contributed by atoms with Crippen molar-refractivity contribution in [3.05, 3.63) is 28.0 Å². The van der Waals surface area contributed by atoms with E-state index in [0.29, 0.717) is 21.6 Å². The van der Waals surface area contributed by atoms with Crippen LogP contribution in [0.4, 0.5) is 10.1 Å². The lowest BCUT2D eigenvalue weighted by molar-refractivity contribution is 0.217. The zero-order valence-corrected chi connectivity index (χ0v) is 13.9. The quantitative estimate of drug-likeness (QED) is 0.810. The molecule has 1 aromatic carbocycles. The first-order valence-electron chi connectivity index (χ1n) is 6.69. The molecule has 0 saturated carbocycles. The molecule has 1 unspecified atom stereocenters. The third-order valence-electron chi connectivity index (χ3n) is 3.65. The van der Waals surface area contributed by atoms with Crippen molar-refractivity contribution in [1.29, 1.82) is 0 Å². The normalized spacial score (nSPS) is 19.9. The SMILES string of the molecule is CN1CCCC(CNc2ccc(C(N)=S)c(Br)c2F)C1. The van der Waals surface area contributed by atoms with Crippen molar-refractivity contribution in [1.82, 2.24) is 4.90 Å². The molecule has 0 bridgehead atoms. The lowest BCUT2D eigenvalue weighted by Gasteiger charge is -2.30. The van der Waals surface area contributed by atoms with Crippen LogP contribution in [-0.2, 0) is 0 Å².